The average Bonchev–Trinajstić information content (AvgIpc) is 3.04. The number of hydrogen-bond donors (Lipinski definition) is 1. The minimum Gasteiger partial charge on any atom is -0.478 e. The molecule has 0 unspecified atom stereocenters. The Morgan fingerprint density at radius 1 is 0.683 bits per heavy atom. The van der Waals surface area contributed by atoms with Crippen LogP contribution in [-0.2, 0) is 0 Å². The number of piperidine rings is 1. The number of hydrogen-bond acceptors (Lipinski definition) is 5. The summed E-state index contributed by atoms with van der Waals surface area (Å²) in [6, 6.07) is 25.9. The van der Waals surface area contributed by atoms with Gasteiger partial charge in [0, 0.05) is 61.8 Å². The van der Waals surface area contributed by atoms with E-state index in [9.17, 15) is 19.5 Å². The van der Waals surface area contributed by atoms with Gasteiger partial charge in [-0.2, -0.15) is 0 Å². The fourth-order valence-corrected chi connectivity index (χ4v) is 5.97. The van der Waals surface area contributed by atoms with Crippen molar-refractivity contribution in [1.29, 1.82) is 0 Å². The second-order valence-electron chi connectivity index (χ2n) is 10.7. The van der Waals surface area contributed by atoms with Gasteiger partial charge < -0.3 is 14.9 Å². The Morgan fingerprint density at radius 2 is 1.34 bits per heavy atom. The topological polar surface area (TPSA) is 94.0 Å². The zero-order chi connectivity index (χ0) is 28.3. The second kappa shape index (κ2) is 11.5. The van der Waals surface area contributed by atoms with Crippen LogP contribution >= 0.6 is 0 Å². The third kappa shape index (κ3) is 5.56. The standard InChI is InChI=1S/C33H32N4O4/c38-31(23-7-2-1-3-8-23)36-15-13-26(14-16-36)35-17-19-37(20-18-35)32(39)28-22-30(34-29-12-5-4-11-27(28)29)24-9-6-10-25(21-24)33(40)41/h1-12,21-22,26H,13-20H2,(H,40,41). The molecule has 2 amide bonds. The van der Waals surface area contributed by atoms with Crippen molar-refractivity contribution in [3.05, 3.63) is 102 Å². The number of aromatic nitrogens is 1. The van der Waals surface area contributed by atoms with Crippen LogP contribution in [0.5, 0.6) is 0 Å². The summed E-state index contributed by atoms with van der Waals surface area (Å²) in [6.07, 6.45) is 1.86. The molecule has 8 nitrogen and oxygen atoms in total. The van der Waals surface area contributed by atoms with Crippen LogP contribution < -0.4 is 0 Å². The number of amides is 2. The lowest BCUT2D eigenvalue weighted by Gasteiger charge is -2.42. The molecule has 3 heterocycles. The first-order chi connectivity index (χ1) is 20.0. The number of carbonyl (C=O) groups is 3. The van der Waals surface area contributed by atoms with Gasteiger partial charge in [0.05, 0.1) is 22.3 Å². The highest BCUT2D eigenvalue weighted by Crippen LogP contribution is 2.27. The third-order valence-electron chi connectivity index (χ3n) is 8.24. The van der Waals surface area contributed by atoms with Gasteiger partial charge in [0.1, 0.15) is 0 Å². The maximum absolute atomic E-state index is 13.8. The number of carbonyl (C=O) groups excluding carboxylic acids is 2. The van der Waals surface area contributed by atoms with Gasteiger partial charge >= 0.3 is 5.97 Å². The Bertz CT molecular complexity index is 1590. The molecule has 0 aliphatic carbocycles. The van der Waals surface area contributed by atoms with Gasteiger partial charge in [0.25, 0.3) is 11.8 Å². The molecule has 41 heavy (non-hydrogen) atoms. The Labute approximate surface area is 238 Å². The van der Waals surface area contributed by atoms with Crippen LogP contribution in [0, 0.1) is 0 Å². The van der Waals surface area contributed by atoms with Gasteiger partial charge in [0.2, 0.25) is 0 Å². The quantitative estimate of drug-likeness (QED) is 0.390. The zero-order valence-corrected chi connectivity index (χ0v) is 22.8. The predicted molar refractivity (Wildman–Crippen MR) is 157 cm³/mol. The van der Waals surface area contributed by atoms with E-state index in [1.165, 1.54) is 0 Å². The maximum Gasteiger partial charge on any atom is 0.335 e. The highest BCUT2D eigenvalue weighted by molar-refractivity contribution is 6.07. The van der Waals surface area contributed by atoms with E-state index in [1.807, 2.05) is 70.5 Å². The number of piperazine rings is 1. The summed E-state index contributed by atoms with van der Waals surface area (Å²) in [5.74, 6) is -0.949. The van der Waals surface area contributed by atoms with Crippen molar-refractivity contribution in [2.75, 3.05) is 39.3 Å². The number of para-hydroxylation sites is 1. The minimum atomic E-state index is -1.00. The first-order valence-corrected chi connectivity index (χ1v) is 14.1. The van der Waals surface area contributed by atoms with E-state index in [-0.39, 0.29) is 17.4 Å². The molecule has 4 aromatic rings. The lowest BCUT2D eigenvalue weighted by molar-refractivity contribution is 0.0413. The Kier molecular flexibility index (Phi) is 7.48. The molecule has 0 atom stereocenters. The van der Waals surface area contributed by atoms with E-state index in [1.54, 1.807) is 24.3 Å². The van der Waals surface area contributed by atoms with E-state index in [2.05, 4.69) is 4.90 Å². The molecule has 3 aromatic carbocycles. The Hall–Kier alpha value is -4.56. The predicted octanol–water partition coefficient (Wildman–Crippen LogP) is 4.66. The van der Waals surface area contributed by atoms with Crippen molar-refractivity contribution in [1.82, 2.24) is 19.7 Å². The molecule has 2 aliphatic rings. The molecular weight excluding hydrogens is 516 g/mol. The molecule has 0 radical (unpaired) electrons. The first-order valence-electron chi connectivity index (χ1n) is 14.1. The molecule has 208 valence electrons. The van der Waals surface area contributed by atoms with Crippen molar-refractivity contribution >= 4 is 28.7 Å². The normalized spacial score (nSPS) is 16.6. The van der Waals surface area contributed by atoms with E-state index < -0.39 is 5.97 Å². The average molecular weight is 549 g/mol. The van der Waals surface area contributed by atoms with Crippen molar-refractivity contribution in [2.24, 2.45) is 0 Å². The largest absolute Gasteiger partial charge is 0.478 e. The van der Waals surface area contributed by atoms with Crippen molar-refractivity contribution in [2.45, 2.75) is 18.9 Å². The highest BCUT2D eigenvalue weighted by atomic mass is 16.4. The van der Waals surface area contributed by atoms with Gasteiger partial charge in [0.15, 0.2) is 0 Å². The van der Waals surface area contributed by atoms with Crippen molar-refractivity contribution < 1.29 is 19.5 Å². The summed E-state index contributed by atoms with van der Waals surface area (Å²) in [7, 11) is 0. The van der Waals surface area contributed by atoms with Crippen LogP contribution in [0.25, 0.3) is 22.2 Å². The lowest BCUT2D eigenvalue weighted by atomic mass is 10.00. The van der Waals surface area contributed by atoms with Gasteiger partial charge in [-0.25, -0.2) is 9.78 Å². The third-order valence-corrected chi connectivity index (χ3v) is 8.24. The first kappa shape index (κ1) is 26.7. The highest BCUT2D eigenvalue weighted by Gasteiger charge is 2.31. The van der Waals surface area contributed by atoms with Crippen LogP contribution in [0.15, 0.2) is 84.9 Å². The summed E-state index contributed by atoms with van der Waals surface area (Å²) in [5, 5.41) is 10.2. The number of aromatic carboxylic acids is 1. The molecular formula is C33H32N4O4. The van der Waals surface area contributed by atoms with Crippen molar-refractivity contribution in [3.63, 3.8) is 0 Å². The Morgan fingerprint density at radius 3 is 2.07 bits per heavy atom. The number of pyridine rings is 1. The van der Waals surface area contributed by atoms with Crippen LogP contribution in [0.2, 0.25) is 0 Å². The van der Waals surface area contributed by atoms with E-state index in [4.69, 9.17) is 4.98 Å². The summed E-state index contributed by atoms with van der Waals surface area (Å²) in [6.45, 7) is 4.32. The summed E-state index contributed by atoms with van der Waals surface area (Å²) in [4.78, 5) is 49.3. The van der Waals surface area contributed by atoms with Gasteiger partial charge in [-0.15, -0.1) is 0 Å². The van der Waals surface area contributed by atoms with E-state index in [0.717, 1.165) is 50.0 Å². The van der Waals surface area contributed by atoms with Crippen LogP contribution in [0.3, 0.4) is 0 Å². The van der Waals surface area contributed by atoms with E-state index in [0.29, 0.717) is 41.5 Å². The van der Waals surface area contributed by atoms with Crippen LogP contribution in [-0.4, -0.2) is 87.9 Å². The zero-order valence-electron chi connectivity index (χ0n) is 22.8. The number of fused-ring (bicyclic) bond motifs is 1. The fraction of sp³-hybridized carbons (Fsp3) is 0.273. The second-order valence-corrected chi connectivity index (χ2v) is 10.7. The molecule has 0 spiro atoms. The lowest BCUT2D eigenvalue weighted by Crippen LogP contribution is -2.54. The van der Waals surface area contributed by atoms with Crippen LogP contribution in [0.4, 0.5) is 0 Å². The molecule has 2 saturated heterocycles. The molecule has 0 bridgehead atoms. The smallest absolute Gasteiger partial charge is 0.335 e. The van der Waals surface area contributed by atoms with Gasteiger partial charge in [-0.05, 0) is 49.2 Å². The number of nitrogens with zero attached hydrogens (tertiary/aromatic N) is 4. The van der Waals surface area contributed by atoms with Gasteiger partial charge in [-0.3, -0.25) is 14.5 Å². The number of benzene rings is 3. The molecule has 8 heteroatoms. The number of likely N-dealkylation sites (tertiary alicyclic amines) is 1. The number of carboxylic acids is 1. The maximum atomic E-state index is 13.8. The molecule has 2 aliphatic heterocycles. The molecule has 2 fully saturated rings. The molecule has 1 aromatic heterocycles. The number of carboxylic acid groups (broad SMARTS) is 1. The fourth-order valence-electron chi connectivity index (χ4n) is 5.97. The number of rotatable bonds is 5. The minimum absolute atomic E-state index is 0.0397. The summed E-state index contributed by atoms with van der Waals surface area (Å²) >= 11 is 0. The Balaban J connectivity index is 1.13. The van der Waals surface area contributed by atoms with Gasteiger partial charge in [-0.1, -0.05) is 48.5 Å². The molecule has 1 N–H and O–H groups in total. The summed E-state index contributed by atoms with van der Waals surface area (Å²) in [5.41, 5.74) is 3.42. The SMILES string of the molecule is O=C(O)c1cccc(-c2cc(C(=O)N3CCN(C4CCN(C(=O)c5ccccc5)CC4)CC3)c3ccccc3n2)c1. The monoisotopic (exact) mass is 548 g/mol. The molecule has 0 saturated carbocycles. The van der Waals surface area contributed by atoms with Crippen LogP contribution in [0.1, 0.15) is 43.9 Å². The summed E-state index contributed by atoms with van der Waals surface area (Å²) < 4.78 is 0. The van der Waals surface area contributed by atoms with Crippen molar-refractivity contribution in [3.8, 4) is 11.3 Å². The van der Waals surface area contributed by atoms with E-state index >= 15 is 0 Å². The molecule has 6 rings (SSSR count).